The van der Waals surface area contributed by atoms with E-state index in [2.05, 4.69) is 5.32 Å². The van der Waals surface area contributed by atoms with E-state index in [9.17, 15) is 19.1 Å². The molecule has 1 aliphatic rings. The first-order valence-electron chi connectivity index (χ1n) is 7.45. The number of carbonyl (C=O) groups is 2. The fraction of sp³-hybridized carbons (Fsp3) is 0.294. The number of amides is 3. The molecule has 2 heterocycles. The first-order chi connectivity index (χ1) is 11.3. The topological polar surface area (TPSA) is 82.8 Å². The van der Waals surface area contributed by atoms with Gasteiger partial charge in [-0.15, -0.1) is 0 Å². The SMILES string of the molecule is Cc1cc(F)ccc1C(O)CN1C(=O)NC(C)(c2ccco2)C1=O. The maximum Gasteiger partial charge on any atom is 0.325 e. The molecule has 1 aromatic heterocycles. The monoisotopic (exact) mass is 332 g/mol. The summed E-state index contributed by atoms with van der Waals surface area (Å²) < 4.78 is 18.4. The summed E-state index contributed by atoms with van der Waals surface area (Å²) in [6.07, 6.45) is 0.304. The molecule has 1 saturated heterocycles. The molecule has 1 aliphatic heterocycles. The molecule has 0 spiro atoms. The largest absolute Gasteiger partial charge is 0.466 e. The van der Waals surface area contributed by atoms with Gasteiger partial charge in [0.2, 0.25) is 0 Å². The van der Waals surface area contributed by atoms with Crippen LogP contribution in [0.2, 0.25) is 0 Å². The van der Waals surface area contributed by atoms with Crippen LogP contribution in [-0.2, 0) is 10.3 Å². The molecule has 24 heavy (non-hydrogen) atoms. The quantitative estimate of drug-likeness (QED) is 0.841. The minimum atomic E-state index is -1.31. The van der Waals surface area contributed by atoms with E-state index in [1.165, 1.54) is 24.5 Å². The van der Waals surface area contributed by atoms with Crippen LogP contribution in [0.15, 0.2) is 41.0 Å². The van der Waals surface area contributed by atoms with Crippen molar-refractivity contribution in [2.45, 2.75) is 25.5 Å². The van der Waals surface area contributed by atoms with Crippen LogP contribution in [0.5, 0.6) is 0 Å². The molecule has 126 valence electrons. The van der Waals surface area contributed by atoms with Crippen LogP contribution in [0.25, 0.3) is 0 Å². The zero-order valence-electron chi connectivity index (χ0n) is 13.2. The van der Waals surface area contributed by atoms with Crippen LogP contribution >= 0.6 is 0 Å². The van der Waals surface area contributed by atoms with Crippen LogP contribution < -0.4 is 5.32 Å². The average molecular weight is 332 g/mol. The number of urea groups is 1. The Morgan fingerprint density at radius 2 is 2.12 bits per heavy atom. The lowest BCUT2D eigenvalue weighted by Crippen LogP contribution is -2.41. The maximum atomic E-state index is 13.2. The number of halogens is 1. The smallest absolute Gasteiger partial charge is 0.325 e. The van der Waals surface area contributed by atoms with Gasteiger partial charge in [0.15, 0.2) is 5.54 Å². The third-order valence-electron chi connectivity index (χ3n) is 4.24. The zero-order chi connectivity index (χ0) is 17.5. The Kier molecular flexibility index (Phi) is 3.88. The van der Waals surface area contributed by atoms with E-state index >= 15 is 0 Å². The second kappa shape index (κ2) is 5.76. The molecular weight excluding hydrogens is 315 g/mol. The molecule has 2 atom stereocenters. The minimum Gasteiger partial charge on any atom is -0.466 e. The maximum absolute atomic E-state index is 13.2. The first-order valence-corrected chi connectivity index (χ1v) is 7.45. The second-order valence-corrected chi connectivity index (χ2v) is 5.96. The number of β-amino-alcohol motifs (C(OH)–C–C–N with tert-alkyl or cyclic N) is 1. The molecular formula is C17H17FN2O4. The predicted molar refractivity (Wildman–Crippen MR) is 82.4 cm³/mol. The summed E-state index contributed by atoms with van der Waals surface area (Å²) in [6.45, 7) is 2.97. The molecule has 0 saturated carbocycles. The van der Waals surface area contributed by atoms with Crippen LogP contribution in [0.4, 0.5) is 9.18 Å². The molecule has 1 fully saturated rings. The minimum absolute atomic E-state index is 0.229. The Labute approximate surface area is 137 Å². The van der Waals surface area contributed by atoms with Gasteiger partial charge in [-0.3, -0.25) is 9.69 Å². The number of aryl methyl sites for hydroxylation is 1. The predicted octanol–water partition coefficient (Wildman–Crippen LogP) is 2.23. The van der Waals surface area contributed by atoms with Crippen LogP contribution in [-0.4, -0.2) is 28.5 Å². The summed E-state index contributed by atoms with van der Waals surface area (Å²) in [6, 6.07) is 6.57. The number of aliphatic hydroxyl groups excluding tert-OH is 1. The normalized spacial score (nSPS) is 21.9. The number of rotatable bonds is 4. The molecule has 2 N–H and O–H groups in total. The van der Waals surface area contributed by atoms with Gasteiger partial charge in [-0.1, -0.05) is 6.07 Å². The van der Waals surface area contributed by atoms with Gasteiger partial charge < -0.3 is 14.8 Å². The van der Waals surface area contributed by atoms with Crippen molar-refractivity contribution in [2.75, 3.05) is 6.54 Å². The fourth-order valence-electron chi connectivity index (χ4n) is 2.88. The zero-order valence-corrected chi connectivity index (χ0v) is 13.2. The number of imide groups is 1. The molecule has 2 aromatic rings. The number of aliphatic hydroxyl groups is 1. The summed E-state index contributed by atoms with van der Waals surface area (Å²) in [4.78, 5) is 25.8. The molecule has 3 rings (SSSR count). The highest BCUT2D eigenvalue weighted by molar-refractivity contribution is 6.06. The summed E-state index contributed by atoms with van der Waals surface area (Å²) in [5.74, 6) is -0.610. The number of hydrogen-bond acceptors (Lipinski definition) is 4. The Morgan fingerprint density at radius 1 is 1.38 bits per heavy atom. The van der Waals surface area contributed by atoms with Crippen molar-refractivity contribution in [3.63, 3.8) is 0 Å². The van der Waals surface area contributed by atoms with Gasteiger partial charge in [-0.25, -0.2) is 9.18 Å². The lowest BCUT2D eigenvalue weighted by atomic mass is 9.98. The Hall–Kier alpha value is -2.67. The third kappa shape index (κ3) is 2.56. The molecule has 2 unspecified atom stereocenters. The van der Waals surface area contributed by atoms with Gasteiger partial charge >= 0.3 is 6.03 Å². The first kappa shape index (κ1) is 16.2. The van der Waals surface area contributed by atoms with Gasteiger partial charge in [-0.05, 0) is 49.2 Å². The molecule has 0 aliphatic carbocycles. The summed E-state index contributed by atoms with van der Waals surface area (Å²) in [5.41, 5.74) is -0.301. The molecule has 6 nitrogen and oxygen atoms in total. The van der Waals surface area contributed by atoms with Crippen molar-refractivity contribution in [2.24, 2.45) is 0 Å². The molecule has 7 heteroatoms. The van der Waals surface area contributed by atoms with Crippen molar-refractivity contribution in [1.29, 1.82) is 0 Å². The lowest BCUT2D eigenvalue weighted by Gasteiger charge is -2.21. The number of nitrogens with one attached hydrogen (secondary N) is 1. The number of hydrogen-bond donors (Lipinski definition) is 2. The highest BCUT2D eigenvalue weighted by atomic mass is 19.1. The summed E-state index contributed by atoms with van der Waals surface area (Å²) in [7, 11) is 0. The van der Waals surface area contributed by atoms with Crippen molar-refractivity contribution in [3.8, 4) is 0 Å². The van der Waals surface area contributed by atoms with E-state index in [0.29, 0.717) is 16.9 Å². The fourth-order valence-corrected chi connectivity index (χ4v) is 2.88. The van der Waals surface area contributed by atoms with Gasteiger partial charge in [0.05, 0.1) is 18.9 Å². The van der Waals surface area contributed by atoms with E-state index in [1.807, 2.05) is 0 Å². The van der Waals surface area contributed by atoms with Crippen LogP contribution in [0.3, 0.4) is 0 Å². The van der Waals surface area contributed by atoms with Crippen molar-refractivity contribution >= 4 is 11.9 Å². The van der Waals surface area contributed by atoms with Crippen molar-refractivity contribution in [1.82, 2.24) is 10.2 Å². The second-order valence-electron chi connectivity index (χ2n) is 5.96. The average Bonchev–Trinajstić information content (AvgIpc) is 3.12. The summed E-state index contributed by atoms with van der Waals surface area (Å²) in [5, 5.41) is 13.0. The Balaban J connectivity index is 1.82. The highest BCUT2D eigenvalue weighted by Gasteiger charge is 2.51. The van der Waals surface area contributed by atoms with Gasteiger partial charge in [0, 0.05) is 0 Å². The standard InChI is InChI=1S/C17H17FN2O4/c1-10-8-11(18)5-6-12(10)13(21)9-20-15(22)17(2,19-16(20)23)14-4-3-7-24-14/h3-8,13,21H,9H2,1-2H3,(H,19,23). The number of furan rings is 1. The lowest BCUT2D eigenvalue weighted by molar-refractivity contribution is -0.132. The molecule has 1 aromatic carbocycles. The molecule has 3 amide bonds. The van der Waals surface area contributed by atoms with Gasteiger partial charge in [0.25, 0.3) is 5.91 Å². The van der Waals surface area contributed by atoms with E-state index < -0.39 is 29.4 Å². The van der Waals surface area contributed by atoms with E-state index in [-0.39, 0.29) is 6.54 Å². The molecule has 0 bridgehead atoms. The highest BCUT2D eigenvalue weighted by Crippen LogP contribution is 2.30. The number of nitrogens with zero attached hydrogens (tertiary/aromatic N) is 1. The molecule has 0 radical (unpaired) electrons. The Morgan fingerprint density at radius 3 is 2.75 bits per heavy atom. The number of carbonyl (C=O) groups excluding carboxylic acids is 2. The summed E-state index contributed by atoms with van der Waals surface area (Å²) >= 11 is 0. The van der Waals surface area contributed by atoms with Gasteiger partial charge in [0.1, 0.15) is 11.6 Å². The van der Waals surface area contributed by atoms with Crippen molar-refractivity contribution in [3.05, 3.63) is 59.3 Å². The van der Waals surface area contributed by atoms with E-state index in [4.69, 9.17) is 4.42 Å². The van der Waals surface area contributed by atoms with Crippen molar-refractivity contribution < 1.29 is 23.5 Å². The van der Waals surface area contributed by atoms with Gasteiger partial charge in [-0.2, -0.15) is 0 Å². The third-order valence-corrected chi connectivity index (χ3v) is 4.24. The van der Waals surface area contributed by atoms with E-state index in [0.717, 1.165) is 4.90 Å². The number of benzene rings is 1. The van der Waals surface area contributed by atoms with E-state index in [1.54, 1.807) is 26.0 Å². The van der Waals surface area contributed by atoms with Crippen LogP contribution in [0, 0.1) is 12.7 Å². The van der Waals surface area contributed by atoms with Crippen LogP contribution in [0.1, 0.15) is 29.9 Å². The Bertz CT molecular complexity index is 790.